The van der Waals surface area contributed by atoms with Crippen LogP contribution in [0.25, 0.3) is 10.6 Å². The molecule has 1 aliphatic heterocycles. The van der Waals surface area contributed by atoms with Crippen molar-refractivity contribution in [1.82, 2.24) is 15.5 Å². The fourth-order valence-corrected chi connectivity index (χ4v) is 3.24. The summed E-state index contributed by atoms with van der Waals surface area (Å²) in [5.41, 5.74) is 0.810. The highest BCUT2D eigenvalue weighted by molar-refractivity contribution is 7.18. The number of aromatic nitrogens is 2. The van der Waals surface area contributed by atoms with E-state index in [4.69, 9.17) is 16.3 Å². The van der Waals surface area contributed by atoms with E-state index in [0.29, 0.717) is 34.8 Å². The maximum Gasteiger partial charge on any atom is 0.227 e. The molecule has 0 radical (unpaired) electrons. The smallest absolute Gasteiger partial charge is 0.227 e. The zero-order valence-electron chi connectivity index (χ0n) is 12.1. The highest BCUT2D eigenvalue weighted by Gasteiger charge is 2.18. The third-order valence-electron chi connectivity index (χ3n) is 3.21. The van der Waals surface area contributed by atoms with E-state index in [2.05, 4.69) is 20.8 Å². The first-order chi connectivity index (χ1) is 10.7. The third kappa shape index (κ3) is 4.86. The number of carbonyl (C=O) groups excluding carboxylic acids is 1. The normalized spacial score (nSPS) is 17.3. The monoisotopic (exact) mass is 374 g/mol. The van der Waals surface area contributed by atoms with Gasteiger partial charge < -0.3 is 15.4 Å². The molecule has 0 spiro atoms. The van der Waals surface area contributed by atoms with Crippen molar-refractivity contribution in [2.24, 2.45) is 0 Å². The summed E-state index contributed by atoms with van der Waals surface area (Å²) in [6, 6.07) is 7.46. The van der Waals surface area contributed by atoms with E-state index in [-0.39, 0.29) is 24.4 Å². The fourth-order valence-electron chi connectivity index (χ4n) is 2.16. The molecular formula is C14H16Cl2N4O2S. The van der Waals surface area contributed by atoms with Crippen LogP contribution in [0.4, 0.5) is 5.13 Å². The number of halogens is 2. The molecule has 1 atom stereocenters. The van der Waals surface area contributed by atoms with Crippen molar-refractivity contribution in [3.05, 3.63) is 29.3 Å². The minimum absolute atomic E-state index is 0. The minimum Gasteiger partial charge on any atom is -0.378 e. The number of nitrogens with one attached hydrogen (secondary N) is 2. The van der Waals surface area contributed by atoms with Gasteiger partial charge in [0.25, 0.3) is 0 Å². The fraction of sp³-hybridized carbons (Fsp3) is 0.357. The summed E-state index contributed by atoms with van der Waals surface area (Å²) in [5, 5.41) is 15.8. The topological polar surface area (TPSA) is 76.1 Å². The van der Waals surface area contributed by atoms with Crippen LogP contribution in [0.3, 0.4) is 0 Å². The second-order valence-electron chi connectivity index (χ2n) is 4.87. The van der Waals surface area contributed by atoms with E-state index >= 15 is 0 Å². The summed E-state index contributed by atoms with van der Waals surface area (Å²) in [7, 11) is 0. The predicted octanol–water partition coefficient (Wildman–Crippen LogP) is 2.60. The second-order valence-corrected chi connectivity index (χ2v) is 6.26. The van der Waals surface area contributed by atoms with Crippen molar-refractivity contribution in [2.45, 2.75) is 12.5 Å². The standard InChI is InChI=1S/C14H15ClN4O2S.ClH/c15-11-4-2-1-3-10(11)13-18-19-14(22-13)17-12(20)7-9-8-21-6-5-16-9;/h1-4,9,16H,5-8H2,(H,17,19,20);1H. The van der Waals surface area contributed by atoms with Gasteiger partial charge in [0.1, 0.15) is 0 Å². The molecule has 0 saturated carbocycles. The van der Waals surface area contributed by atoms with Gasteiger partial charge in [-0.25, -0.2) is 0 Å². The lowest BCUT2D eigenvalue weighted by molar-refractivity contribution is -0.117. The van der Waals surface area contributed by atoms with Crippen LogP contribution in [0.2, 0.25) is 5.02 Å². The largest absolute Gasteiger partial charge is 0.378 e. The van der Waals surface area contributed by atoms with Crippen molar-refractivity contribution < 1.29 is 9.53 Å². The van der Waals surface area contributed by atoms with Crippen LogP contribution in [0.15, 0.2) is 24.3 Å². The van der Waals surface area contributed by atoms with E-state index in [9.17, 15) is 4.79 Å². The quantitative estimate of drug-likeness (QED) is 0.859. The first-order valence-electron chi connectivity index (χ1n) is 6.92. The number of morpholine rings is 1. The molecule has 6 nitrogen and oxygen atoms in total. The zero-order valence-corrected chi connectivity index (χ0v) is 14.5. The van der Waals surface area contributed by atoms with Gasteiger partial charge in [-0.3, -0.25) is 4.79 Å². The number of hydrogen-bond donors (Lipinski definition) is 2. The van der Waals surface area contributed by atoms with Crippen molar-refractivity contribution in [1.29, 1.82) is 0 Å². The number of nitrogens with zero attached hydrogens (tertiary/aromatic N) is 2. The van der Waals surface area contributed by atoms with E-state index in [1.165, 1.54) is 11.3 Å². The molecule has 2 heterocycles. The maximum atomic E-state index is 12.0. The summed E-state index contributed by atoms with van der Waals surface area (Å²) < 4.78 is 5.33. The number of rotatable bonds is 4. The second kappa shape index (κ2) is 8.56. The number of carbonyl (C=O) groups is 1. The Morgan fingerprint density at radius 2 is 2.26 bits per heavy atom. The van der Waals surface area contributed by atoms with Gasteiger partial charge >= 0.3 is 0 Å². The summed E-state index contributed by atoms with van der Waals surface area (Å²) in [6.45, 7) is 2.01. The van der Waals surface area contributed by atoms with Gasteiger partial charge in [0, 0.05) is 24.6 Å². The first-order valence-corrected chi connectivity index (χ1v) is 8.11. The molecule has 3 rings (SSSR count). The summed E-state index contributed by atoms with van der Waals surface area (Å²) >= 11 is 7.43. The Balaban J connectivity index is 0.00000192. The first kappa shape index (κ1) is 18.1. The van der Waals surface area contributed by atoms with Crippen LogP contribution in [-0.2, 0) is 9.53 Å². The molecular weight excluding hydrogens is 359 g/mol. The molecule has 124 valence electrons. The van der Waals surface area contributed by atoms with E-state index in [1.54, 1.807) is 6.07 Å². The molecule has 0 bridgehead atoms. The summed E-state index contributed by atoms with van der Waals surface area (Å²) in [4.78, 5) is 12.0. The Labute approximate surface area is 149 Å². The predicted molar refractivity (Wildman–Crippen MR) is 93.5 cm³/mol. The van der Waals surface area contributed by atoms with E-state index in [0.717, 1.165) is 12.1 Å². The van der Waals surface area contributed by atoms with Crippen LogP contribution in [0, 0.1) is 0 Å². The number of ether oxygens (including phenoxy) is 1. The Hall–Kier alpha value is -1.25. The molecule has 1 unspecified atom stereocenters. The summed E-state index contributed by atoms with van der Waals surface area (Å²) in [5.74, 6) is -0.107. The van der Waals surface area contributed by atoms with E-state index < -0.39 is 0 Å². The molecule has 0 aliphatic carbocycles. The average molecular weight is 375 g/mol. The number of anilines is 1. The lowest BCUT2D eigenvalue weighted by atomic mass is 10.2. The molecule has 2 N–H and O–H groups in total. The van der Waals surface area contributed by atoms with Crippen molar-refractivity contribution in [3.8, 4) is 10.6 Å². The zero-order chi connectivity index (χ0) is 15.4. The van der Waals surface area contributed by atoms with Crippen LogP contribution in [0.5, 0.6) is 0 Å². The highest BCUT2D eigenvalue weighted by Crippen LogP contribution is 2.31. The SMILES string of the molecule is Cl.O=C(CC1COCCN1)Nc1nnc(-c2ccccc2Cl)s1. The van der Waals surface area contributed by atoms with E-state index in [1.807, 2.05) is 18.2 Å². The molecule has 1 aliphatic rings. The van der Waals surface area contributed by atoms with Crippen LogP contribution < -0.4 is 10.6 Å². The lowest BCUT2D eigenvalue weighted by Crippen LogP contribution is -2.43. The molecule has 1 aromatic heterocycles. The van der Waals surface area contributed by atoms with Gasteiger partial charge in [0.15, 0.2) is 5.01 Å². The van der Waals surface area contributed by atoms with Crippen LogP contribution >= 0.6 is 35.3 Å². The molecule has 9 heteroatoms. The Bertz CT molecular complexity index is 662. The molecule has 1 fully saturated rings. The van der Waals surface area contributed by atoms with Gasteiger partial charge in [-0.1, -0.05) is 41.1 Å². The van der Waals surface area contributed by atoms with Gasteiger partial charge in [-0.05, 0) is 6.07 Å². The maximum absolute atomic E-state index is 12.0. The lowest BCUT2D eigenvalue weighted by Gasteiger charge is -2.22. The van der Waals surface area contributed by atoms with Gasteiger partial charge in [-0.15, -0.1) is 22.6 Å². The van der Waals surface area contributed by atoms with Crippen LogP contribution in [0.1, 0.15) is 6.42 Å². The molecule has 23 heavy (non-hydrogen) atoms. The number of amides is 1. The molecule has 2 aromatic rings. The summed E-state index contributed by atoms with van der Waals surface area (Å²) in [6.07, 6.45) is 0.348. The third-order valence-corrected chi connectivity index (χ3v) is 4.41. The van der Waals surface area contributed by atoms with Gasteiger partial charge in [0.2, 0.25) is 11.0 Å². The average Bonchev–Trinajstić information content (AvgIpc) is 2.97. The number of hydrogen-bond acceptors (Lipinski definition) is 6. The molecule has 1 saturated heterocycles. The highest BCUT2D eigenvalue weighted by atomic mass is 35.5. The Kier molecular flexibility index (Phi) is 6.73. The van der Waals surface area contributed by atoms with Crippen LogP contribution in [-0.4, -0.2) is 41.9 Å². The number of benzene rings is 1. The van der Waals surface area contributed by atoms with Gasteiger partial charge in [0.05, 0.1) is 18.2 Å². The Morgan fingerprint density at radius 3 is 3.00 bits per heavy atom. The van der Waals surface area contributed by atoms with Gasteiger partial charge in [-0.2, -0.15) is 0 Å². The van der Waals surface area contributed by atoms with Crippen molar-refractivity contribution in [3.63, 3.8) is 0 Å². The molecule has 1 amide bonds. The minimum atomic E-state index is -0.107. The van der Waals surface area contributed by atoms with Crippen molar-refractivity contribution >= 4 is 46.4 Å². The van der Waals surface area contributed by atoms with Crippen molar-refractivity contribution in [2.75, 3.05) is 25.1 Å². The molecule has 1 aromatic carbocycles. The Morgan fingerprint density at radius 1 is 1.43 bits per heavy atom.